The fraction of sp³-hybridized carbons (Fsp3) is 0.543. The molecule has 2 saturated carbocycles. The average Bonchev–Trinajstić information content (AvgIpc) is 1.84. The summed E-state index contributed by atoms with van der Waals surface area (Å²) in [6.07, 6.45) is 11.1. The fourth-order valence-corrected chi connectivity index (χ4v) is 13.2. The van der Waals surface area contributed by atoms with Gasteiger partial charge in [-0.15, -0.1) is 0 Å². The third kappa shape index (κ3) is 18.8. The largest absolute Gasteiger partial charge is 0.380 e. The number of rotatable bonds is 29. The minimum absolute atomic E-state index is 0.00447. The Morgan fingerprint density at radius 3 is 1.19 bits per heavy atom. The molecule has 2 heterocycles. The Morgan fingerprint density at radius 1 is 0.500 bits per heavy atom. The lowest BCUT2D eigenvalue weighted by atomic mass is 9.83. The molecule has 2 saturated heterocycles. The molecule has 20 nitrogen and oxygen atoms in total. The Bertz CT molecular complexity index is 2800. The third-order valence-corrected chi connectivity index (χ3v) is 19.0. The van der Waals surface area contributed by atoms with Crippen molar-refractivity contribution in [2.24, 2.45) is 11.8 Å². The minimum Gasteiger partial charge on any atom is -0.380 e. The smallest absolute Gasteiger partial charge is 0.251 e. The number of likely N-dealkylation sites (tertiary alicyclic amines) is 2. The number of hydrogen-bond acceptors (Lipinski definition) is 12. The van der Waals surface area contributed by atoms with Crippen LogP contribution in [0, 0.1) is 11.8 Å². The van der Waals surface area contributed by atoms with E-state index in [4.69, 9.17) is 9.47 Å². The van der Waals surface area contributed by atoms with Crippen LogP contribution in [0.15, 0.2) is 109 Å². The van der Waals surface area contributed by atoms with E-state index in [9.17, 15) is 38.4 Å². The zero-order valence-electron chi connectivity index (χ0n) is 53.6. The predicted molar refractivity (Wildman–Crippen MR) is 346 cm³/mol. The second-order valence-corrected chi connectivity index (χ2v) is 24.9. The van der Waals surface area contributed by atoms with Crippen LogP contribution < -0.4 is 31.9 Å². The molecular weight excluding hydrogens is 1140 g/mol. The van der Waals surface area contributed by atoms with E-state index in [1.807, 2.05) is 60.7 Å². The Hall–Kier alpha value is -7.52. The van der Waals surface area contributed by atoms with E-state index < -0.39 is 36.0 Å². The van der Waals surface area contributed by atoms with Gasteiger partial charge in [-0.1, -0.05) is 123 Å². The van der Waals surface area contributed by atoms with Gasteiger partial charge in [-0.25, -0.2) is 0 Å². The number of ether oxygens (including phenoxy) is 2. The van der Waals surface area contributed by atoms with E-state index in [0.717, 1.165) is 86.5 Å². The quantitative estimate of drug-likeness (QED) is 0.0394. The van der Waals surface area contributed by atoms with E-state index >= 15 is 0 Å². The van der Waals surface area contributed by atoms with Crippen LogP contribution in [0.1, 0.15) is 123 Å². The first-order valence-corrected chi connectivity index (χ1v) is 32.6. The number of likely N-dealkylation sites (N-methyl/N-ethyl adjacent to an activating group) is 2. The Labute approximate surface area is 531 Å². The van der Waals surface area contributed by atoms with Crippen LogP contribution in [0.2, 0.25) is 0 Å². The maximum Gasteiger partial charge on any atom is 0.251 e. The number of nitrogens with one attached hydrogen (secondary N) is 6. The van der Waals surface area contributed by atoms with Crippen molar-refractivity contribution in [2.45, 2.75) is 152 Å². The summed E-state index contributed by atoms with van der Waals surface area (Å²) >= 11 is 0. The van der Waals surface area contributed by atoms with E-state index in [2.05, 4.69) is 31.9 Å². The molecule has 8 rings (SSSR count). The summed E-state index contributed by atoms with van der Waals surface area (Å²) in [5.74, 6) is -2.29. The molecule has 20 heteroatoms. The molecule has 0 unspecified atom stereocenters. The van der Waals surface area contributed by atoms with Gasteiger partial charge in [0.15, 0.2) is 0 Å². The Kier molecular flexibility index (Phi) is 25.9. The number of carbonyl (C=O) groups excluding carboxylic acids is 8. The van der Waals surface area contributed by atoms with Gasteiger partial charge in [0.2, 0.25) is 35.4 Å². The predicted octanol–water partition coefficient (Wildman–Crippen LogP) is 5.53. The Balaban J connectivity index is 0.886. The van der Waals surface area contributed by atoms with E-state index in [1.54, 1.807) is 110 Å². The normalized spacial score (nSPS) is 20.1. The number of carbonyl (C=O) groups is 8. The van der Waals surface area contributed by atoms with Crippen molar-refractivity contribution >= 4 is 47.3 Å². The zero-order valence-corrected chi connectivity index (χ0v) is 53.6. The monoisotopic (exact) mass is 1240 g/mol. The highest BCUT2D eigenvalue weighted by molar-refractivity contribution is 5.98. The number of hydrogen-bond donors (Lipinski definition) is 6. The summed E-state index contributed by atoms with van der Waals surface area (Å²) in [7, 11) is 6.68. The SMILES string of the molecule is CN[C@@H](C)C(=O)N[C@H](C(=O)N1C[C@@H](OC)C[C@@H]1CN(CCc1ccccc1)C(=O)CNC(=O)c1ccc(-c2ccc(C(=O)NCC(=O)N(CCc3ccccc3)C[C@@H]3C[C@H](OC)CN3C(=O)[C@@H](NC(=O)[C@H](C)NC)C3CCCCC3)cc2)cc1)C1CCCCC1. The molecule has 0 radical (unpaired) electrons. The molecule has 0 bridgehead atoms. The van der Waals surface area contributed by atoms with Gasteiger partial charge in [0, 0.05) is 64.6 Å². The molecule has 2 aliphatic heterocycles. The van der Waals surface area contributed by atoms with Crippen molar-refractivity contribution in [1.29, 1.82) is 0 Å². The maximum atomic E-state index is 14.7. The van der Waals surface area contributed by atoms with Crippen LogP contribution in [0.4, 0.5) is 0 Å². The van der Waals surface area contributed by atoms with Crippen molar-refractivity contribution in [3.63, 3.8) is 0 Å². The molecular formula is C70H96N10O10. The molecule has 486 valence electrons. The van der Waals surface area contributed by atoms with Gasteiger partial charge in [-0.3, -0.25) is 38.4 Å². The van der Waals surface area contributed by atoms with E-state index in [1.165, 1.54) is 0 Å². The highest BCUT2D eigenvalue weighted by atomic mass is 16.5. The summed E-state index contributed by atoms with van der Waals surface area (Å²) in [6, 6.07) is 30.4. The lowest BCUT2D eigenvalue weighted by Crippen LogP contribution is -2.58. The standard InChI is InChI=1S/C70H96N10O10/c1-47(71-3)65(83)75-63(53-23-15-9-16-24-53)69(87)79-45-59(89-5)39-57(79)43-77(37-35-49-19-11-7-12-20-49)61(81)41-73-67(85)55-31-27-51(28-32-55)52-29-33-56(34-30-52)68(86)74-42-62(82)78(38-36-50-21-13-8-14-22-50)44-58-40-60(90-6)46-80(58)70(88)64(54-25-17-10-18-26-54)76-66(84)48(2)72-4/h7-8,11-14,19-22,27-34,47-48,53-54,57-60,63-64,71-72H,9-10,15-18,23-26,35-46H2,1-6H3,(H,73,85)(H,74,86)(H,75,83)(H,76,84)/t47-,48-,57-,58+,59-,60-,63-,64-/m0/s1. The summed E-state index contributed by atoms with van der Waals surface area (Å²) in [4.78, 5) is 119. The van der Waals surface area contributed by atoms with Crippen LogP contribution in [0.25, 0.3) is 11.1 Å². The molecule has 90 heavy (non-hydrogen) atoms. The van der Waals surface area contributed by atoms with Crippen LogP contribution in [-0.2, 0) is 51.1 Å². The van der Waals surface area contributed by atoms with Gasteiger partial charge >= 0.3 is 0 Å². The average molecular weight is 1240 g/mol. The molecule has 4 aromatic rings. The van der Waals surface area contributed by atoms with Gasteiger partial charge in [0.25, 0.3) is 11.8 Å². The molecule has 4 aromatic carbocycles. The van der Waals surface area contributed by atoms with E-state index in [-0.39, 0.29) is 97.7 Å². The first kappa shape index (κ1) is 68.4. The molecule has 8 amide bonds. The second kappa shape index (κ2) is 34.1. The lowest BCUT2D eigenvalue weighted by molar-refractivity contribution is -0.141. The maximum absolute atomic E-state index is 14.7. The summed E-state index contributed by atoms with van der Waals surface area (Å²) in [6.45, 7) is 4.78. The van der Waals surface area contributed by atoms with Crippen molar-refractivity contribution in [3.8, 4) is 11.1 Å². The molecule has 6 N–H and O–H groups in total. The lowest BCUT2D eigenvalue weighted by Gasteiger charge is -2.36. The van der Waals surface area contributed by atoms with Crippen molar-refractivity contribution in [3.05, 3.63) is 131 Å². The van der Waals surface area contributed by atoms with E-state index in [0.29, 0.717) is 63.0 Å². The summed E-state index contributed by atoms with van der Waals surface area (Å²) in [5, 5.41) is 17.8. The third-order valence-electron chi connectivity index (χ3n) is 19.0. The first-order chi connectivity index (χ1) is 43.6. The van der Waals surface area contributed by atoms with Crippen LogP contribution >= 0.6 is 0 Å². The fourth-order valence-electron chi connectivity index (χ4n) is 13.2. The first-order valence-electron chi connectivity index (χ1n) is 32.6. The second-order valence-electron chi connectivity index (χ2n) is 24.9. The highest BCUT2D eigenvalue weighted by Gasteiger charge is 2.45. The number of benzene rings is 4. The molecule has 2 aliphatic carbocycles. The molecule has 4 aliphatic rings. The van der Waals surface area contributed by atoms with Crippen LogP contribution in [0.3, 0.4) is 0 Å². The Morgan fingerprint density at radius 2 is 0.856 bits per heavy atom. The van der Waals surface area contributed by atoms with Gasteiger partial charge in [0.1, 0.15) is 12.1 Å². The summed E-state index contributed by atoms with van der Waals surface area (Å²) < 4.78 is 11.7. The molecule has 0 aromatic heterocycles. The van der Waals surface area contributed by atoms with Gasteiger partial charge in [-0.2, -0.15) is 0 Å². The van der Waals surface area contributed by atoms with Crippen molar-refractivity contribution < 1.29 is 47.8 Å². The van der Waals surface area contributed by atoms with Gasteiger partial charge < -0.3 is 61.0 Å². The molecule has 0 spiro atoms. The van der Waals surface area contributed by atoms with Crippen molar-refractivity contribution in [2.75, 3.05) is 80.7 Å². The zero-order chi connectivity index (χ0) is 64.1. The number of methoxy groups -OCH3 is 2. The molecule has 4 fully saturated rings. The molecule has 8 atom stereocenters. The number of amides is 8. The number of nitrogens with zero attached hydrogens (tertiary/aromatic N) is 4. The van der Waals surface area contributed by atoms with Crippen LogP contribution in [-0.4, -0.2) is 196 Å². The van der Waals surface area contributed by atoms with Crippen LogP contribution in [0.5, 0.6) is 0 Å². The highest BCUT2D eigenvalue weighted by Crippen LogP contribution is 2.33. The van der Waals surface area contributed by atoms with Gasteiger partial charge in [0.05, 0.1) is 49.5 Å². The summed E-state index contributed by atoms with van der Waals surface area (Å²) in [5.41, 5.74) is 4.34. The van der Waals surface area contributed by atoms with Crippen molar-refractivity contribution in [1.82, 2.24) is 51.5 Å². The van der Waals surface area contributed by atoms with Gasteiger partial charge in [-0.05, 0) is 138 Å². The minimum atomic E-state index is -0.705. The topological polar surface area (TPSA) is 240 Å².